The molecule has 2 N–H and O–H groups in total. The molecule has 1 aliphatic heterocycles. The molecule has 1 heterocycles. The largest absolute Gasteiger partial charge is 0.454 e. The zero-order chi connectivity index (χ0) is 22.6. The number of carbonyl (C=O) groups is 1. The van der Waals surface area contributed by atoms with Gasteiger partial charge in [-0.2, -0.15) is 0 Å². The van der Waals surface area contributed by atoms with Crippen LogP contribution in [0.15, 0.2) is 77.7 Å². The third-order valence-corrected chi connectivity index (χ3v) is 6.65. The summed E-state index contributed by atoms with van der Waals surface area (Å²) in [6.45, 7) is 2.71. The zero-order valence-electron chi connectivity index (χ0n) is 17.6. The Balaban J connectivity index is 1.39. The van der Waals surface area contributed by atoms with Gasteiger partial charge in [0.2, 0.25) is 16.8 Å². The Kier molecular flexibility index (Phi) is 6.43. The van der Waals surface area contributed by atoms with Gasteiger partial charge in [-0.3, -0.25) is 4.79 Å². The van der Waals surface area contributed by atoms with Crippen LogP contribution in [0.1, 0.15) is 34.3 Å². The molecule has 8 heteroatoms. The molecule has 1 atom stereocenters. The van der Waals surface area contributed by atoms with Gasteiger partial charge in [-0.1, -0.05) is 49.4 Å². The van der Waals surface area contributed by atoms with Crippen LogP contribution in [-0.2, 0) is 16.6 Å². The Morgan fingerprint density at radius 3 is 2.56 bits per heavy atom. The zero-order valence-corrected chi connectivity index (χ0v) is 18.4. The van der Waals surface area contributed by atoms with Crippen molar-refractivity contribution in [1.29, 1.82) is 0 Å². The maximum absolute atomic E-state index is 12.8. The van der Waals surface area contributed by atoms with Crippen LogP contribution in [0.3, 0.4) is 0 Å². The lowest BCUT2D eigenvalue weighted by Gasteiger charge is -2.13. The molecule has 0 aromatic heterocycles. The molecule has 4 rings (SSSR count). The van der Waals surface area contributed by atoms with E-state index in [0.717, 1.165) is 11.1 Å². The number of rotatable bonds is 8. The average molecular weight is 453 g/mol. The van der Waals surface area contributed by atoms with Gasteiger partial charge in [0.15, 0.2) is 11.5 Å². The van der Waals surface area contributed by atoms with Crippen LogP contribution in [0.2, 0.25) is 0 Å². The summed E-state index contributed by atoms with van der Waals surface area (Å²) >= 11 is 0. The SMILES string of the molecule is CC(CNC(=O)c1cccc(S(=O)(=O)NCc2ccc3c(c2)OCO3)c1)c1ccccc1. The lowest BCUT2D eigenvalue weighted by atomic mass is 10.0. The van der Waals surface area contributed by atoms with Gasteiger partial charge in [0.25, 0.3) is 5.91 Å². The molecule has 32 heavy (non-hydrogen) atoms. The number of benzene rings is 3. The van der Waals surface area contributed by atoms with E-state index in [-0.39, 0.29) is 35.6 Å². The first-order chi connectivity index (χ1) is 15.4. The van der Waals surface area contributed by atoms with Crippen LogP contribution in [0.5, 0.6) is 11.5 Å². The van der Waals surface area contributed by atoms with Gasteiger partial charge in [-0.25, -0.2) is 13.1 Å². The van der Waals surface area contributed by atoms with Crippen molar-refractivity contribution >= 4 is 15.9 Å². The fraction of sp³-hybridized carbons (Fsp3) is 0.208. The highest BCUT2D eigenvalue weighted by Crippen LogP contribution is 2.32. The molecule has 7 nitrogen and oxygen atoms in total. The molecular formula is C24H24N2O5S. The molecular weight excluding hydrogens is 428 g/mol. The predicted molar refractivity (Wildman–Crippen MR) is 120 cm³/mol. The minimum absolute atomic E-state index is 0.0296. The molecule has 166 valence electrons. The van der Waals surface area contributed by atoms with Crippen LogP contribution in [0.25, 0.3) is 0 Å². The number of ether oxygens (including phenoxy) is 2. The Morgan fingerprint density at radius 1 is 0.969 bits per heavy atom. The van der Waals surface area contributed by atoms with Crippen LogP contribution in [0, 0.1) is 0 Å². The number of hydrogen-bond donors (Lipinski definition) is 2. The standard InChI is InChI=1S/C24H24N2O5S/c1-17(19-6-3-2-4-7-19)14-25-24(27)20-8-5-9-21(13-20)32(28,29)26-15-18-10-11-22-23(12-18)31-16-30-22/h2-13,17,26H,14-16H2,1H3,(H,25,27). The Hall–Kier alpha value is -3.36. The number of sulfonamides is 1. The van der Waals surface area contributed by atoms with Gasteiger partial charge in [0.1, 0.15) is 0 Å². The first-order valence-electron chi connectivity index (χ1n) is 10.2. The van der Waals surface area contributed by atoms with Crippen molar-refractivity contribution in [3.8, 4) is 11.5 Å². The van der Waals surface area contributed by atoms with Crippen LogP contribution >= 0.6 is 0 Å². The molecule has 0 radical (unpaired) electrons. The second-order valence-electron chi connectivity index (χ2n) is 7.56. The van der Waals surface area contributed by atoms with Crippen molar-refractivity contribution in [3.05, 3.63) is 89.5 Å². The summed E-state index contributed by atoms with van der Waals surface area (Å²) in [5.41, 5.74) is 2.15. The van der Waals surface area contributed by atoms with Crippen molar-refractivity contribution in [2.45, 2.75) is 24.3 Å². The summed E-state index contributed by atoms with van der Waals surface area (Å²) < 4.78 is 38.7. The molecule has 1 unspecified atom stereocenters. The van der Waals surface area contributed by atoms with Crippen molar-refractivity contribution < 1.29 is 22.7 Å². The third kappa shape index (κ3) is 5.09. The molecule has 0 spiro atoms. The summed E-state index contributed by atoms with van der Waals surface area (Å²) in [5.74, 6) is 1.04. The quantitative estimate of drug-likeness (QED) is 0.546. The van der Waals surface area contributed by atoms with E-state index in [1.165, 1.54) is 12.1 Å². The number of hydrogen-bond acceptors (Lipinski definition) is 5. The topological polar surface area (TPSA) is 93.7 Å². The first-order valence-corrected chi connectivity index (χ1v) is 11.7. The third-order valence-electron chi connectivity index (χ3n) is 5.25. The van der Waals surface area contributed by atoms with E-state index in [1.807, 2.05) is 37.3 Å². The molecule has 0 bridgehead atoms. The lowest BCUT2D eigenvalue weighted by Crippen LogP contribution is -2.28. The average Bonchev–Trinajstić information content (AvgIpc) is 3.29. The first kappa shape index (κ1) is 21.9. The van der Waals surface area contributed by atoms with Crippen LogP contribution in [-0.4, -0.2) is 27.7 Å². The van der Waals surface area contributed by atoms with E-state index in [2.05, 4.69) is 10.0 Å². The lowest BCUT2D eigenvalue weighted by molar-refractivity contribution is 0.0951. The normalized spacial score (nSPS) is 13.5. The minimum atomic E-state index is -3.80. The molecule has 3 aromatic carbocycles. The summed E-state index contributed by atoms with van der Waals surface area (Å²) in [4.78, 5) is 12.6. The highest BCUT2D eigenvalue weighted by molar-refractivity contribution is 7.89. The van der Waals surface area contributed by atoms with E-state index >= 15 is 0 Å². The molecule has 0 fully saturated rings. The molecule has 0 saturated carbocycles. The van der Waals surface area contributed by atoms with Crippen molar-refractivity contribution in [2.75, 3.05) is 13.3 Å². The number of nitrogens with one attached hydrogen (secondary N) is 2. The fourth-order valence-electron chi connectivity index (χ4n) is 3.36. The number of amides is 1. The van der Waals surface area contributed by atoms with Crippen molar-refractivity contribution in [2.24, 2.45) is 0 Å². The second-order valence-corrected chi connectivity index (χ2v) is 9.33. The van der Waals surface area contributed by atoms with E-state index in [1.54, 1.807) is 30.3 Å². The van der Waals surface area contributed by atoms with Gasteiger partial charge in [0.05, 0.1) is 4.90 Å². The van der Waals surface area contributed by atoms with Crippen LogP contribution in [0.4, 0.5) is 0 Å². The highest BCUT2D eigenvalue weighted by Gasteiger charge is 2.18. The Bertz CT molecular complexity index is 1210. The summed E-state index contributed by atoms with van der Waals surface area (Å²) in [6.07, 6.45) is 0. The van der Waals surface area contributed by atoms with E-state index in [0.29, 0.717) is 18.0 Å². The molecule has 1 amide bonds. The summed E-state index contributed by atoms with van der Waals surface area (Å²) in [7, 11) is -3.80. The predicted octanol–water partition coefficient (Wildman–Crippen LogP) is 3.43. The molecule has 0 aliphatic carbocycles. The fourth-order valence-corrected chi connectivity index (χ4v) is 4.43. The molecule has 1 aliphatic rings. The van der Waals surface area contributed by atoms with E-state index in [9.17, 15) is 13.2 Å². The van der Waals surface area contributed by atoms with Gasteiger partial charge < -0.3 is 14.8 Å². The summed E-state index contributed by atoms with van der Waals surface area (Å²) in [6, 6.07) is 21.1. The van der Waals surface area contributed by atoms with Gasteiger partial charge >= 0.3 is 0 Å². The maximum atomic E-state index is 12.8. The van der Waals surface area contributed by atoms with E-state index < -0.39 is 10.0 Å². The van der Waals surface area contributed by atoms with E-state index in [4.69, 9.17) is 9.47 Å². The molecule has 0 saturated heterocycles. The van der Waals surface area contributed by atoms with Gasteiger partial charge in [0, 0.05) is 18.7 Å². The number of carbonyl (C=O) groups excluding carboxylic acids is 1. The minimum Gasteiger partial charge on any atom is -0.454 e. The number of fused-ring (bicyclic) bond motifs is 1. The smallest absolute Gasteiger partial charge is 0.251 e. The van der Waals surface area contributed by atoms with Crippen molar-refractivity contribution in [3.63, 3.8) is 0 Å². The molecule has 3 aromatic rings. The van der Waals surface area contributed by atoms with Crippen molar-refractivity contribution in [1.82, 2.24) is 10.0 Å². The Labute approximate surface area is 187 Å². The highest BCUT2D eigenvalue weighted by atomic mass is 32.2. The maximum Gasteiger partial charge on any atom is 0.251 e. The monoisotopic (exact) mass is 452 g/mol. The Morgan fingerprint density at radius 2 is 1.75 bits per heavy atom. The van der Waals surface area contributed by atoms with Crippen LogP contribution < -0.4 is 19.5 Å². The van der Waals surface area contributed by atoms with Gasteiger partial charge in [-0.05, 0) is 47.4 Å². The summed E-state index contributed by atoms with van der Waals surface area (Å²) in [5, 5.41) is 2.88. The second kappa shape index (κ2) is 9.42. The van der Waals surface area contributed by atoms with Gasteiger partial charge in [-0.15, -0.1) is 0 Å².